The Bertz CT molecular complexity index is 389. The van der Waals surface area contributed by atoms with E-state index in [2.05, 4.69) is 10.5 Å². The summed E-state index contributed by atoms with van der Waals surface area (Å²) in [4.78, 5) is 11.7. The highest BCUT2D eigenvalue weighted by Gasteiger charge is 2.16. The Morgan fingerprint density at radius 1 is 1.50 bits per heavy atom. The van der Waals surface area contributed by atoms with Crippen molar-refractivity contribution < 1.29 is 14.1 Å². The van der Waals surface area contributed by atoms with Crippen molar-refractivity contribution in [3.8, 4) is 0 Å². The number of rotatable bonds is 5. The van der Waals surface area contributed by atoms with Crippen LogP contribution in [0.25, 0.3) is 0 Å². The standard InChI is InChI=1S/C13H20N2O3/c1-9-12(10(2)18-15-9)3-4-13(16)14-7-11-5-6-17-8-11/h11H,3-8H2,1-2H3,(H,14,16)/t11-/m0/s1. The topological polar surface area (TPSA) is 64.4 Å². The van der Waals surface area contributed by atoms with E-state index in [4.69, 9.17) is 9.26 Å². The molecular formula is C13H20N2O3. The Morgan fingerprint density at radius 3 is 2.94 bits per heavy atom. The number of aryl methyl sites for hydroxylation is 2. The average Bonchev–Trinajstić information content (AvgIpc) is 2.96. The SMILES string of the molecule is Cc1noc(C)c1CCC(=O)NC[C@@H]1CCOC1. The van der Waals surface area contributed by atoms with Gasteiger partial charge in [0.15, 0.2) is 0 Å². The Kier molecular flexibility index (Phi) is 4.36. The van der Waals surface area contributed by atoms with Crippen LogP contribution in [0.1, 0.15) is 29.9 Å². The zero-order valence-corrected chi connectivity index (χ0v) is 11.0. The highest BCUT2D eigenvalue weighted by molar-refractivity contribution is 5.76. The number of carbonyl (C=O) groups is 1. The smallest absolute Gasteiger partial charge is 0.220 e. The first-order valence-corrected chi connectivity index (χ1v) is 6.43. The molecule has 0 saturated carbocycles. The van der Waals surface area contributed by atoms with E-state index in [0.717, 1.165) is 43.2 Å². The van der Waals surface area contributed by atoms with Gasteiger partial charge in [-0.3, -0.25) is 4.79 Å². The van der Waals surface area contributed by atoms with E-state index in [1.165, 1.54) is 0 Å². The van der Waals surface area contributed by atoms with Gasteiger partial charge in [-0.25, -0.2) is 0 Å². The van der Waals surface area contributed by atoms with Crippen LogP contribution in [-0.2, 0) is 16.0 Å². The van der Waals surface area contributed by atoms with E-state index in [9.17, 15) is 4.79 Å². The Morgan fingerprint density at radius 2 is 2.33 bits per heavy atom. The second kappa shape index (κ2) is 6.00. The highest BCUT2D eigenvalue weighted by Crippen LogP contribution is 2.14. The molecule has 5 nitrogen and oxygen atoms in total. The summed E-state index contributed by atoms with van der Waals surface area (Å²) in [5.41, 5.74) is 1.93. The maximum atomic E-state index is 11.7. The van der Waals surface area contributed by atoms with E-state index >= 15 is 0 Å². The first-order chi connectivity index (χ1) is 8.66. The average molecular weight is 252 g/mol. The number of carbonyl (C=O) groups excluding carboxylic acids is 1. The summed E-state index contributed by atoms with van der Waals surface area (Å²) in [5, 5.41) is 6.84. The fourth-order valence-electron chi connectivity index (χ4n) is 2.19. The molecule has 1 fully saturated rings. The van der Waals surface area contributed by atoms with Gasteiger partial charge in [0.1, 0.15) is 5.76 Å². The molecule has 2 heterocycles. The van der Waals surface area contributed by atoms with Crippen LogP contribution in [0.5, 0.6) is 0 Å². The minimum atomic E-state index is 0.0851. The van der Waals surface area contributed by atoms with Crippen LogP contribution in [0.3, 0.4) is 0 Å². The molecule has 18 heavy (non-hydrogen) atoms. The van der Waals surface area contributed by atoms with Gasteiger partial charge in [0.05, 0.1) is 12.3 Å². The predicted octanol–water partition coefficient (Wildman–Crippen LogP) is 1.38. The molecule has 2 rings (SSSR count). The van der Waals surface area contributed by atoms with Crippen molar-refractivity contribution in [3.05, 3.63) is 17.0 Å². The maximum absolute atomic E-state index is 11.7. The van der Waals surface area contributed by atoms with Crippen molar-refractivity contribution in [1.29, 1.82) is 0 Å². The molecule has 0 aliphatic carbocycles. The number of nitrogens with zero attached hydrogens (tertiary/aromatic N) is 1. The third kappa shape index (κ3) is 3.32. The molecule has 1 aliphatic rings. The quantitative estimate of drug-likeness (QED) is 0.859. The lowest BCUT2D eigenvalue weighted by molar-refractivity contribution is -0.121. The molecule has 1 saturated heterocycles. The summed E-state index contributed by atoms with van der Waals surface area (Å²) in [7, 11) is 0. The second-order valence-corrected chi connectivity index (χ2v) is 4.84. The van der Waals surface area contributed by atoms with Crippen molar-refractivity contribution >= 4 is 5.91 Å². The molecule has 0 aromatic carbocycles. The molecule has 1 amide bonds. The minimum absolute atomic E-state index is 0.0851. The number of hydrogen-bond donors (Lipinski definition) is 1. The largest absolute Gasteiger partial charge is 0.381 e. The van der Waals surface area contributed by atoms with Crippen LogP contribution in [0.4, 0.5) is 0 Å². The fraction of sp³-hybridized carbons (Fsp3) is 0.692. The predicted molar refractivity (Wildman–Crippen MR) is 66.2 cm³/mol. The molecule has 5 heteroatoms. The zero-order chi connectivity index (χ0) is 13.0. The summed E-state index contributed by atoms with van der Waals surface area (Å²) in [6.07, 6.45) is 2.22. The molecule has 1 aliphatic heterocycles. The van der Waals surface area contributed by atoms with Crippen molar-refractivity contribution in [1.82, 2.24) is 10.5 Å². The van der Waals surface area contributed by atoms with Crippen LogP contribution >= 0.6 is 0 Å². The summed E-state index contributed by atoms with van der Waals surface area (Å²) in [6.45, 7) is 6.09. The van der Waals surface area contributed by atoms with E-state index in [0.29, 0.717) is 18.8 Å². The summed E-state index contributed by atoms with van der Waals surface area (Å²) < 4.78 is 10.3. The van der Waals surface area contributed by atoms with Crippen LogP contribution in [0.2, 0.25) is 0 Å². The van der Waals surface area contributed by atoms with Crippen molar-refractivity contribution in [2.45, 2.75) is 33.1 Å². The number of nitrogens with one attached hydrogen (secondary N) is 1. The number of ether oxygens (including phenoxy) is 1. The zero-order valence-electron chi connectivity index (χ0n) is 11.0. The van der Waals surface area contributed by atoms with Gasteiger partial charge in [0.25, 0.3) is 0 Å². The van der Waals surface area contributed by atoms with Crippen molar-refractivity contribution in [3.63, 3.8) is 0 Å². The van der Waals surface area contributed by atoms with Gasteiger partial charge in [-0.1, -0.05) is 5.16 Å². The molecule has 0 spiro atoms. The molecule has 1 aromatic heterocycles. The van der Waals surface area contributed by atoms with Gasteiger partial charge in [-0.15, -0.1) is 0 Å². The van der Waals surface area contributed by atoms with Gasteiger partial charge in [-0.05, 0) is 26.7 Å². The summed E-state index contributed by atoms with van der Waals surface area (Å²) >= 11 is 0. The Balaban J connectivity index is 1.71. The van der Waals surface area contributed by atoms with E-state index < -0.39 is 0 Å². The van der Waals surface area contributed by atoms with E-state index in [-0.39, 0.29) is 5.91 Å². The van der Waals surface area contributed by atoms with Crippen molar-refractivity contribution in [2.75, 3.05) is 19.8 Å². The van der Waals surface area contributed by atoms with Gasteiger partial charge >= 0.3 is 0 Å². The molecule has 0 bridgehead atoms. The van der Waals surface area contributed by atoms with Gasteiger partial charge in [0, 0.05) is 31.1 Å². The van der Waals surface area contributed by atoms with Gasteiger partial charge in [-0.2, -0.15) is 0 Å². The number of aromatic nitrogens is 1. The molecule has 1 N–H and O–H groups in total. The molecular weight excluding hydrogens is 232 g/mol. The Hall–Kier alpha value is -1.36. The van der Waals surface area contributed by atoms with Crippen LogP contribution < -0.4 is 5.32 Å². The first-order valence-electron chi connectivity index (χ1n) is 6.43. The third-order valence-corrected chi connectivity index (χ3v) is 3.40. The number of hydrogen-bond acceptors (Lipinski definition) is 4. The molecule has 100 valence electrons. The van der Waals surface area contributed by atoms with Gasteiger partial charge < -0.3 is 14.6 Å². The molecule has 1 aromatic rings. The maximum Gasteiger partial charge on any atom is 0.220 e. The summed E-state index contributed by atoms with van der Waals surface area (Å²) in [6, 6.07) is 0. The van der Waals surface area contributed by atoms with Crippen LogP contribution in [0, 0.1) is 19.8 Å². The van der Waals surface area contributed by atoms with Gasteiger partial charge in [0.2, 0.25) is 5.91 Å². The second-order valence-electron chi connectivity index (χ2n) is 4.84. The number of amides is 1. The lowest BCUT2D eigenvalue weighted by Gasteiger charge is -2.09. The molecule has 1 atom stereocenters. The lowest BCUT2D eigenvalue weighted by Crippen LogP contribution is -2.29. The lowest BCUT2D eigenvalue weighted by atomic mass is 10.1. The minimum Gasteiger partial charge on any atom is -0.381 e. The molecule has 0 radical (unpaired) electrons. The van der Waals surface area contributed by atoms with Crippen molar-refractivity contribution in [2.24, 2.45) is 5.92 Å². The Labute approximate surface area is 107 Å². The highest BCUT2D eigenvalue weighted by atomic mass is 16.5. The third-order valence-electron chi connectivity index (χ3n) is 3.40. The normalized spacial score (nSPS) is 19.1. The summed E-state index contributed by atoms with van der Waals surface area (Å²) in [5.74, 6) is 1.37. The first kappa shape index (κ1) is 13.1. The molecule has 0 unspecified atom stereocenters. The monoisotopic (exact) mass is 252 g/mol. The van der Waals surface area contributed by atoms with E-state index in [1.54, 1.807) is 0 Å². The van der Waals surface area contributed by atoms with Crippen LogP contribution in [0.15, 0.2) is 4.52 Å². The fourth-order valence-corrected chi connectivity index (χ4v) is 2.19. The van der Waals surface area contributed by atoms with Crippen LogP contribution in [-0.4, -0.2) is 30.8 Å². The van der Waals surface area contributed by atoms with E-state index in [1.807, 2.05) is 13.8 Å².